The Morgan fingerprint density at radius 3 is 2.70 bits per heavy atom. The van der Waals surface area contributed by atoms with Gasteiger partial charge in [-0.3, -0.25) is 9.59 Å². The first-order valence-corrected chi connectivity index (χ1v) is 6.62. The van der Waals surface area contributed by atoms with E-state index in [9.17, 15) is 9.59 Å². The van der Waals surface area contributed by atoms with Gasteiger partial charge in [0, 0.05) is 6.42 Å². The summed E-state index contributed by atoms with van der Waals surface area (Å²) < 4.78 is 5.62. The van der Waals surface area contributed by atoms with Gasteiger partial charge in [-0.25, -0.2) is 0 Å². The molecule has 110 valence electrons. The first-order valence-electron chi connectivity index (χ1n) is 6.62. The number of carboxylic acids is 1. The van der Waals surface area contributed by atoms with E-state index in [0.717, 1.165) is 16.9 Å². The standard InChI is InChI=1S/C15H21NO4/c1-10-6-7-11(2)13(9-10)20-8-4-5-14(17)16-12(3)15(18)19/h6-7,9,12H,4-5,8H2,1-3H3,(H,16,17)(H,18,19). The van der Waals surface area contributed by atoms with E-state index < -0.39 is 12.0 Å². The smallest absolute Gasteiger partial charge is 0.325 e. The summed E-state index contributed by atoms with van der Waals surface area (Å²) in [5.74, 6) is -0.487. The number of benzene rings is 1. The molecule has 1 atom stereocenters. The second-order valence-corrected chi connectivity index (χ2v) is 4.85. The Morgan fingerprint density at radius 1 is 1.35 bits per heavy atom. The molecule has 0 aliphatic carbocycles. The second kappa shape index (κ2) is 7.53. The SMILES string of the molecule is Cc1ccc(C)c(OCCCC(=O)NC(C)C(=O)O)c1. The Bertz CT molecular complexity index is 485. The molecule has 0 fully saturated rings. The van der Waals surface area contributed by atoms with Crippen LogP contribution in [0.15, 0.2) is 18.2 Å². The Balaban J connectivity index is 2.29. The fourth-order valence-corrected chi connectivity index (χ4v) is 1.65. The predicted molar refractivity (Wildman–Crippen MR) is 75.9 cm³/mol. The summed E-state index contributed by atoms with van der Waals surface area (Å²) in [4.78, 5) is 22.0. The number of aryl methyl sites for hydroxylation is 2. The molecule has 0 saturated carbocycles. The number of aliphatic carboxylic acids is 1. The number of rotatable bonds is 7. The molecular formula is C15H21NO4. The number of hydrogen-bond acceptors (Lipinski definition) is 3. The van der Waals surface area contributed by atoms with Crippen LogP contribution in [-0.2, 0) is 9.59 Å². The minimum atomic E-state index is -1.04. The van der Waals surface area contributed by atoms with Crippen LogP contribution in [0.1, 0.15) is 30.9 Å². The van der Waals surface area contributed by atoms with E-state index in [0.29, 0.717) is 13.0 Å². The molecule has 5 nitrogen and oxygen atoms in total. The zero-order valence-corrected chi connectivity index (χ0v) is 12.1. The Hall–Kier alpha value is -2.04. The van der Waals surface area contributed by atoms with Gasteiger partial charge in [-0.2, -0.15) is 0 Å². The molecule has 0 saturated heterocycles. The molecule has 1 amide bonds. The first-order chi connectivity index (χ1) is 9.40. The Labute approximate surface area is 118 Å². The second-order valence-electron chi connectivity index (χ2n) is 4.85. The van der Waals surface area contributed by atoms with E-state index in [2.05, 4.69) is 5.32 Å². The highest BCUT2D eigenvalue weighted by atomic mass is 16.5. The summed E-state index contributed by atoms with van der Waals surface area (Å²) in [6.45, 7) is 5.83. The summed E-state index contributed by atoms with van der Waals surface area (Å²) in [5, 5.41) is 11.1. The van der Waals surface area contributed by atoms with Gasteiger partial charge in [-0.1, -0.05) is 12.1 Å². The van der Waals surface area contributed by atoms with Gasteiger partial charge in [-0.05, 0) is 44.4 Å². The van der Waals surface area contributed by atoms with Crippen LogP contribution >= 0.6 is 0 Å². The third kappa shape index (κ3) is 5.30. The van der Waals surface area contributed by atoms with E-state index in [-0.39, 0.29) is 12.3 Å². The van der Waals surface area contributed by atoms with Crippen LogP contribution in [0.2, 0.25) is 0 Å². The molecule has 0 aliphatic rings. The van der Waals surface area contributed by atoms with Crippen LogP contribution in [0.5, 0.6) is 5.75 Å². The van der Waals surface area contributed by atoms with E-state index in [1.807, 2.05) is 32.0 Å². The van der Waals surface area contributed by atoms with Crippen molar-refractivity contribution in [1.82, 2.24) is 5.32 Å². The van der Waals surface area contributed by atoms with Crippen LogP contribution in [0, 0.1) is 13.8 Å². The van der Waals surface area contributed by atoms with Crippen molar-refractivity contribution in [1.29, 1.82) is 0 Å². The molecule has 0 spiro atoms. The van der Waals surface area contributed by atoms with E-state index in [4.69, 9.17) is 9.84 Å². The molecule has 0 bridgehead atoms. The molecular weight excluding hydrogens is 258 g/mol. The summed E-state index contributed by atoms with van der Waals surface area (Å²) in [6, 6.07) is 5.11. The third-order valence-electron chi connectivity index (χ3n) is 2.90. The van der Waals surface area contributed by atoms with E-state index >= 15 is 0 Å². The van der Waals surface area contributed by atoms with Gasteiger partial charge in [0.1, 0.15) is 11.8 Å². The molecule has 20 heavy (non-hydrogen) atoms. The molecule has 5 heteroatoms. The number of carbonyl (C=O) groups excluding carboxylic acids is 1. The van der Waals surface area contributed by atoms with Crippen LogP contribution in [-0.4, -0.2) is 29.6 Å². The molecule has 1 rings (SSSR count). The van der Waals surface area contributed by atoms with Crippen molar-refractivity contribution in [3.05, 3.63) is 29.3 Å². The van der Waals surface area contributed by atoms with Crippen molar-refractivity contribution >= 4 is 11.9 Å². The van der Waals surface area contributed by atoms with Crippen molar-refractivity contribution in [3.8, 4) is 5.75 Å². The minimum absolute atomic E-state index is 0.252. The molecule has 1 aromatic carbocycles. The van der Waals surface area contributed by atoms with Crippen molar-refractivity contribution in [2.75, 3.05) is 6.61 Å². The third-order valence-corrected chi connectivity index (χ3v) is 2.90. The molecule has 2 N–H and O–H groups in total. The highest BCUT2D eigenvalue weighted by Gasteiger charge is 2.13. The fraction of sp³-hybridized carbons (Fsp3) is 0.467. The largest absolute Gasteiger partial charge is 0.493 e. The minimum Gasteiger partial charge on any atom is -0.493 e. The van der Waals surface area contributed by atoms with Gasteiger partial charge >= 0.3 is 5.97 Å². The highest BCUT2D eigenvalue weighted by Crippen LogP contribution is 2.19. The van der Waals surface area contributed by atoms with Crippen molar-refractivity contribution in [3.63, 3.8) is 0 Å². The average Bonchev–Trinajstić information content (AvgIpc) is 2.38. The lowest BCUT2D eigenvalue weighted by atomic mass is 10.1. The van der Waals surface area contributed by atoms with E-state index in [1.165, 1.54) is 6.92 Å². The summed E-state index contributed by atoms with van der Waals surface area (Å²) in [6.07, 6.45) is 0.800. The van der Waals surface area contributed by atoms with Crippen LogP contribution in [0.4, 0.5) is 0 Å². The topological polar surface area (TPSA) is 75.6 Å². The number of carboxylic acid groups (broad SMARTS) is 1. The quantitative estimate of drug-likeness (QED) is 0.749. The summed E-state index contributed by atoms with van der Waals surface area (Å²) in [7, 11) is 0. The first kappa shape index (κ1) is 16.0. The normalized spacial score (nSPS) is 11.8. The summed E-state index contributed by atoms with van der Waals surface area (Å²) in [5.41, 5.74) is 2.18. The maximum absolute atomic E-state index is 11.5. The Kier molecular flexibility index (Phi) is 6.03. The van der Waals surface area contributed by atoms with Gasteiger partial charge in [0.25, 0.3) is 0 Å². The number of carbonyl (C=O) groups is 2. The van der Waals surface area contributed by atoms with Crippen LogP contribution < -0.4 is 10.1 Å². The van der Waals surface area contributed by atoms with Gasteiger partial charge < -0.3 is 15.2 Å². The van der Waals surface area contributed by atoms with Crippen molar-refractivity contribution in [2.45, 2.75) is 39.7 Å². The van der Waals surface area contributed by atoms with Gasteiger partial charge in [0.15, 0.2) is 0 Å². The van der Waals surface area contributed by atoms with Gasteiger partial charge in [-0.15, -0.1) is 0 Å². The maximum Gasteiger partial charge on any atom is 0.325 e. The predicted octanol–water partition coefficient (Wildman–Crippen LogP) is 2.05. The zero-order chi connectivity index (χ0) is 15.1. The Morgan fingerprint density at radius 2 is 2.05 bits per heavy atom. The molecule has 0 aliphatic heterocycles. The maximum atomic E-state index is 11.5. The average molecular weight is 279 g/mol. The monoisotopic (exact) mass is 279 g/mol. The zero-order valence-electron chi connectivity index (χ0n) is 12.1. The fourth-order valence-electron chi connectivity index (χ4n) is 1.65. The number of ether oxygens (including phenoxy) is 1. The number of hydrogen-bond donors (Lipinski definition) is 2. The van der Waals surface area contributed by atoms with Crippen molar-refractivity contribution < 1.29 is 19.4 Å². The molecule has 0 heterocycles. The summed E-state index contributed by atoms with van der Waals surface area (Å²) >= 11 is 0. The van der Waals surface area contributed by atoms with Gasteiger partial charge in [0.05, 0.1) is 6.61 Å². The lowest BCUT2D eigenvalue weighted by Crippen LogP contribution is -2.38. The lowest BCUT2D eigenvalue weighted by molar-refractivity contribution is -0.141. The molecule has 1 unspecified atom stereocenters. The highest BCUT2D eigenvalue weighted by molar-refractivity contribution is 5.83. The van der Waals surface area contributed by atoms with Crippen LogP contribution in [0.3, 0.4) is 0 Å². The number of amides is 1. The van der Waals surface area contributed by atoms with E-state index in [1.54, 1.807) is 0 Å². The number of nitrogens with one attached hydrogen (secondary N) is 1. The molecule has 1 aromatic rings. The van der Waals surface area contributed by atoms with Crippen LogP contribution in [0.25, 0.3) is 0 Å². The molecule has 0 radical (unpaired) electrons. The van der Waals surface area contributed by atoms with Gasteiger partial charge in [0.2, 0.25) is 5.91 Å². The molecule has 0 aromatic heterocycles. The van der Waals surface area contributed by atoms with Crippen molar-refractivity contribution in [2.24, 2.45) is 0 Å². The lowest BCUT2D eigenvalue weighted by Gasteiger charge is -2.11.